The second kappa shape index (κ2) is 10.2. The molecule has 0 saturated heterocycles. The molecular formula is C25H23N5O3S. The molecule has 3 aromatic heterocycles. The molecule has 0 atom stereocenters. The van der Waals surface area contributed by atoms with E-state index in [1.54, 1.807) is 66.0 Å². The van der Waals surface area contributed by atoms with Crippen LogP contribution in [0.4, 0.5) is 0 Å². The number of sulfone groups is 1. The van der Waals surface area contributed by atoms with Gasteiger partial charge in [0.25, 0.3) is 0 Å². The minimum atomic E-state index is -3.29. The molecule has 0 saturated carbocycles. The van der Waals surface area contributed by atoms with Crippen LogP contribution in [0, 0.1) is 0 Å². The first-order valence-electron chi connectivity index (χ1n) is 10.6. The number of hydrogen-bond donors (Lipinski definition) is 1. The van der Waals surface area contributed by atoms with Gasteiger partial charge in [0.2, 0.25) is 5.91 Å². The van der Waals surface area contributed by atoms with Gasteiger partial charge in [0.05, 0.1) is 10.6 Å². The normalized spacial score (nSPS) is 11.6. The third kappa shape index (κ3) is 5.81. The van der Waals surface area contributed by atoms with E-state index in [0.717, 1.165) is 16.7 Å². The lowest BCUT2D eigenvalue weighted by Gasteiger charge is -2.03. The molecule has 3 heterocycles. The third-order valence-corrected chi connectivity index (χ3v) is 6.21. The van der Waals surface area contributed by atoms with E-state index in [9.17, 15) is 13.2 Å². The molecule has 1 N–H and O–H groups in total. The highest BCUT2D eigenvalue weighted by atomic mass is 32.2. The summed E-state index contributed by atoms with van der Waals surface area (Å²) < 4.78 is 25.1. The van der Waals surface area contributed by atoms with Crippen LogP contribution in [0.5, 0.6) is 0 Å². The SMILES string of the molecule is CS(=O)(=O)c1ccc(-n2cc(/C=C/C(=O)NCCc3ccncc3)c(-c3cccnc3)n2)cc1. The number of benzene rings is 1. The Labute approximate surface area is 197 Å². The van der Waals surface area contributed by atoms with E-state index < -0.39 is 9.84 Å². The molecule has 0 fully saturated rings. The summed E-state index contributed by atoms with van der Waals surface area (Å²) in [5, 5.41) is 7.54. The molecule has 0 aliphatic rings. The number of carbonyl (C=O) groups is 1. The van der Waals surface area contributed by atoms with Crippen molar-refractivity contribution in [1.82, 2.24) is 25.1 Å². The Morgan fingerprint density at radius 1 is 1.03 bits per heavy atom. The third-order valence-electron chi connectivity index (χ3n) is 5.08. The van der Waals surface area contributed by atoms with Crippen LogP contribution in [-0.2, 0) is 21.1 Å². The minimum absolute atomic E-state index is 0.212. The molecule has 4 rings (SSSR count). The van der Waals surface area contributed by atoms with Gasteiger partial charge in [0, 0.05) is 61.0 Å². The topological polar surface area (TPSA) is 107 Å². The van der Waals surface area contributed by atoms with Gasteiger partial charge in [-0.3, -0.25) is 14.8 Å². The Kier molecular flexibility index (Phi) is 6.93. The number of hydrogen-bond acceptors (Lipinski definition) is 6. The number of amides is 1. The van der Waals surface area contributed by atoms with Crippen molar-refractivity contribution in [1.29, 1.82) is 0 Å². The smallest absolute Gasteiger partial charge is 0.244 e. The van der Waals surface area contributed by atoms with Gasteiger partial charge >= 0.3 is 0 Å². The van der Waals surface area contributed by atoms with Crippen molar-refractivity contribution in [2.45, 2.75) is 11.3 Å². The van der Waals surface area contributed by atoms with Gasteiger partial charge in [-0.2, -0.15) is 5.10 Å². The summed E-state index contributed by atoms with van der Waals surface area (Å²) in [6.07, 6.45) is 13.7. The van der Waals surface area contributed by atoms with Gasteiger partial charge in [0.15, 0.2) is 9.84 Å². The molecule has 1 aromatic carbocycles. The zero-order valence-electron chi connectivity index (χ0n) is 18.5. The molecule has 0 aliphatic carbocycles. The van der Waals surface area contributed by atoms with Gasteiger partial charge in [-0.05, 0) is 66.6 Å². The predicted molar refractivity (Wildman–Crippen MR) is 130 cm³/mol. The quantitative estimate of drug-likeness (QED) is 0.394. The van der Waals surface area contributed by atoms with Crippen molar-refractivity contribution in [2.24, 2.45) is 0 Å². The van der Waals surface area contributed by atoms with E-state index in [1.165, 1.54) is 12.3 Å². The Morgan fingerprint density at radius 2 is 1.79 bits per heavy atom. The second-order valence-electron chi connectivity index (χ2n) is 7.62. The van der Waals surface area contributed by atoms with E-state index in [0.29, 0.717) is 24.3 Å². The van der Waals surface area contributed by atoms with E-state index in [4.69, 9.17) is 0 Å². The molecule has 0 bridgehead atoms. The van der Waals surface area contributed by atoms with Crippen LogP contribution in [0.25, 0.3) is 23.0 Å². The van der Waals surface area contributed by atoms with Crippen molar-refractivity contribution in [2.75, 3.05) is 12.8 Å². The predicted octanol–water partition coefficient (Wildman–Crippen LogP) is 3.10. The maximum Gasteiger partial charge on any atom is 0.244 e. The van der Waals surface area contributed by atoms with Gasteiger partial charge in [-0.15, -0.1) is 0 Å². The fourth-order valence-corrected chi connectivity index (χ4v) is 3.95. The lowest BCUT2D eigenvalue weighted by molar-refractivity contribution is -0.116. The molecule has 172 valence electrons. The molecule has 8 nitrogen and oxygen atoms in total. The molecule has 34 heavy (non-hydrogen) atoms. The molecule has 0 radical (unpaired) electrons. The number of nitrogens with one attached hydrogen (secondary N) is 1. The van der Waals surface area contributed by atoms with Gasteiger partial charge in [0.1, 0.15) is 5.69 Å². The standard InChI is InChI=1S/C25H23N5O3S/c1-34(32,33)23-7-5-22(6-8-23)30-18-21(25(29-30)20-3-2-13-27-17-20)4-9-24(31)28-16-12-19-10-14-26-15-11-19/h2-11,13-15,17-18H,12,16H2,1H3,(H,28,31)/b9-4+. The number of pyridine rings is 2. The Morgan fingerprint density at radius 3 is 2.47 bits per heavy atom. The highest BCUT2D eigenvalue weighted by Gasteiger charge is 2.12. The van der Waals surface area contributed by atoms with Crippen LogP contribution in [0.1, 0.15) is 11.1 Å². The first-order valence-corrected chi connectivity index (χ1v) is 12.4. The maximum atomic E-state index is 12.4. The molecule has 1 amide bonds. The number of aromatic nitrogens is 4. The van der Waals surface area contributed by atoms with E-state index in [2.05, 4.69) is 20.4 Å². The Balaban J connectivity index is 1.54. The lowest BCUT2D eigenvalue weighted by Crippen LogP contribution is -2.23. The minimum Gasteiger partial charge on any atom is -0.352 e. The summed E-state index contributed by atoms with van der Waals surface area (Å²) in [5.41, 5.74) is 3.97. The monoisotopic (exact) mass is 473 g/mol. The van der Waals surface area contributed by atoms with Crippen molar-refractivity contribution < 1.29 is 13.2 Å². The van der Waals surface area contributed by atoms with Gasteiger partial charge < -0.3 is 5.32 Å². The average molecular weight is 474 g/mol. The average Bonchev–Trinajstić information content (AvgIpc) is 3.28. The highest BCUT2D eigenvalue weighted by Crippen LogP contribution is 2.24. The van der Waals surface area contributed by atoms with Gasteiger partial charge in [-0.1, -0.05) is 0 Å². The van der Waals surface area contributed by atoms with Crippen molar-refractivity contribution in [3.63, 3.8) is 0 Å². The van der Waals surface area contributed by atoms with Gasteiger partial charge in [-0.25, -0.2) is 13.1 Å². The van der Waals surface area contributed by atoms with Crippen molar-refractivity contribution in [3.05, 3.63) is 96.7 Å². The van der Waals surface area contributed by atoms with Crippen LogP contribution in [0.3, 0.4) is 0 Å². The summed E-state index contributed by atoms with van der Waals surface area (Å²) in [6, 6.07) is 14.0. The molecule has 4 aromatic rings. The zero-order chi connectivity index (χ0) is 24.0. The maximum absolute atomic E-state index is 12.4. The van der Waals surface area contributed by atoms with Crippen LogP contribution in [0.2, 0.25) is 0 Å². The fourth-order valence-electron chi connectivity index (χ4n) is 3.32. The van der Waals surface area contributed by atoms with Crippen LogP contribution in [0.15, 0.2) is 90.5 Å². The Bertz CT molecular complexity index is 1400. The number of rotatable bonds is 8. The van der Waals surface area contributed by atoms with E-state index >= 15 is 0 Å². The molecule has 9 heteroatoms. The van der Waals surface area contributed by atoms with Crippen molar-refractivity contribution in [3.8, 4) is 16.9 Å². The summed E-state index contributed by atoms with van der Waals surface area (Å²) in [7, 11) is -3.29. The molecule has 0 aliphatic heterocycles. The molecular weight excluding hydrogens is 450 g/mol. The lowest BCUT2D eigenvalue weighted by atomic mass is 10.1. The summed E-state index contributed by atoms with van der Waals surface area (Å²) in [6.45, 7) is 0.509. The van der Waals surface area contributed by atoms with Crippen LogP contribution >= 0.6 is 0 Å². The van der Waals surface area contributed by atoms with Crippen LogP contribution in [-0.4, -0.2) is 46.9 Å². The molecule has 0 unspecified atom stereocenters. The number of carbonyl (C=O) groups excluding carboxylic acids is 1. The second-order valence-corrected chi connectivity index (χ2v) is 9.63. The van der Waals surface area contributed by atoms with E-state index in [1.807, 2.05) is 24.3 Å². The highest BCUT2D eigenvalue weighted by molar-refractivity contribution is 7.90. The first-order chi connectivity index (χ1) is 16.4. The number of nitrogens with zero attached hydrogens (tertiary/aromatic N) is 4. The summed E-state index contributed by atoms with van der Waals surface area (Å²) >= 11 is 0. The largest absolute Gasteiger partial charge is 0.352 e. The first kappa shape index (κ1) is 23.1. The summed E-state index contributed by atoms with van der Waals surface area (Å²) in [5.74, 6) is -0.212. The Hall–Kier alpha value is -4.11. The summed E-state index contributed by atoms with van der Waals surface area (Å²) in [4.78, 5) is 20.7. The van der Waals surface area contributed by atoms with Crippen LogP contribution < -0.4 is 5.32 Å². The zero-order valence-corrected chi connectivity index (χ0v) is 19.3. The fraction of sp³-hybridized carbons (Fsp3) is 0.120. The molecule has 0 spiro atoms. The van der Waals surface area contributed by atoms with E-state index in [-0.39, 0.29) is 10.8 Å². The van der Waals surface area contributed by atoms with Crippen molar-refractivity contribution >= 4 is 21.8 Å².